The van der Waals surface area contributed by atoms with Crippen molar-refractivity contribution in [2.24, 2.45) is 0 Å². The van der Waals surface area contributed by atoms with Gasteiger partial charge in [0.15, 0.2) is 5.75 Å². The van der Waals surface area contributed by atoms with E-state index in [4.69, 9.17) is 26.2 Å². The quantitative estimate of drug-likeness (QED) is 0.914. The van der Waals surface area contributed by atoms with E-state index in [1.54, 1.807) is 12.1 Å². The van der Waals surface area contributed by atoms with E-state index in [1.165, 1.54) is 6.07 Å². The molecule has 0 aliphatic carbocycles. The van der Waals surface area contributed by atoms with E-state index >= 15 is 0 Å². The monoisotopic (exact) mass is 270 g/mol. The van der Waals surface area contributed by atoms with Crippen molar-refractivity contribution in [2.45, 2.75) is 32.0 Å². The summed E-state index contributed by atoms with van der Waals surface area (Å²) in [6, 6.07) is 4.68. The van der Waals surface area contributed by atoms with Crippen LogP contribution in [0.1, 0.15) is 30.1 Å². The summed E-state index contributed by atoms with van der Waals surface area (Å²) in [6.45, 7) is 2.34. The molecular formula is C13H15ClO4. The van der Waals surface area contributed by atoms with Crippen molar-refractivity contribution in [1.82, 2.24) is 0 Å². The van der Waals surface area contributed by atoms with Crippen LogP contribution >= 0.6 is 11.6 Å². The molecule has 2 unspecified atom stereocenters. The number of aromatic carboxylic acids is 1. The fourth-order valence-electron chi connectivity index (χ4n) is 2.01. The molecule has 1 aromatic carbocycles. The van der Waals surface area contributed by atoms with Crippen molar-refractivity contribution in [3.63, 3.8) is 0 Å². The highest BCUT2D eigenvalue weighted by Crippen LogP contribution is 2.30. The Morgan fingerprint density at radius 1 is 1.56 bits per heavy atom. The second-order valence-electron chi connectivity index (χ2n) is 4.38. The van der Waals surface area contributed by atoms with Gasteiger partial charge in [-0.3, -0.25) is 0 Å². The van der Waals surface area contributed by atoms with E-state index in [0.29, 0.717) is 11.6 Å². The first-order valence-corrected chi connectivity index (χ1v) is 6.25. The lowest BCUT2D eigenvalue weighted by atomic mass is 10.2. The SMILES string of the molecule is CC1CCC(COc2c(Cl)cccc2C(=O)O)O1. The van der Waals surface area contributed by atoms with E-state index in [9.17, 15) is 4.79 Å². The van der Waals surface area contributed by atoms with Crippen LogP contribution in [-0.4, -0.2) is 29.9 Å². The number of hydrogen-bond donors (Lipinski definition) is 1. The van der Waals surface area contributed by atoms with Crippen LogP contribution < -0.4 is 4.74 Å². The molecule has 0 bridgehead atoms. The summed E-state index contributed by atoms with van der Waals surface area (Å²) in [7, 11) is 0. The van der Waals surface area contributed by atoms with Crippen LogP contribution in [0.5, 0.6) is 5.75 Å². The molecule has 4 nitrogen and oxygen atoms in total. The van der Waals surface area contributed by atoms with Crippen LogP contribution in [0.2, 0.25) is 5.02 Å². The molecule has 5 heteroatoms. The fraction of sp³-hybridized carbons (Fsp3) is 0.462. The first-order valence-electron chi connectivity index (χ1n) is 5.88. The standard InChI is InChI=1S/C13H15ClO4/c1-8-5-6-9(18-8)7-17-12-10(13(15)16)3-2-4-11(12)14/h2-4,8-9H,5-7H2,1H3,(H,15,16). The zero-order valence-electron chi connectivity index (χ0n) is 10.1. The third kappa shape index (κ3) is 2.94. The summed E-state index contributed by atoms with van der Waals surface area (Å²) in [4.78, 5) is 11.1. The zero-order valence-corrected chi connectivity index (χ0v) is 10.8. The number of carboxylic acid groups (broad SMARTS) is 1. The minimum atomic E-state index is -1.05. The number of hydrogen-bond acceptors (Lipinski definition) is 3. The molecule has 2 atom stereocenters. The Bertz CT molecular complexity index is 447. The Morgan fingerprint density at radius 3 is 2.94 bits per heavy atom. The highest BCUT2D eigenvalue weighted by molar-refractivity contribution is 6.32. The second-order valence-corrected chi connectivity index (χ2v) is 4.79. The molecule has 2 rings (SSSR count). The van der Waals surface area contributed by atoms with Gasteiger partial charge in [0.2, 0.25) is 0 Å². The van der Waals surface area contributed by atoms with Gasteiger partial charge in [-0.25, -0.2) is 4.79 Å². The Hall–Kier alpha value is -1.26. The van der Waals surface area contributed by atoms with Crippen LogP contribution in [0.3, 0.4) is 0 Å². The summed E-state index contributed by atoms with van der Waals surface area (Å²) in [5.74, 6) is -0.831. The van der Waals surface area contributed by atoms with Gasteiger partial charge in [0.25, 0.3) is 0 Å². The maximum absolute atomic E-state index is 11.1. The predicted molar refractivity (Wildman–Crippen MR) is 67.5 cm³/mol. The summed E-state index contributed by atoms with van der Waals surface area (Å²) in [5.41, 5.74) is 0.0774. The van der Waals surface area contributed by atoms with Gasteiger partial charge in [0, 0.05) is 0 Å². The lowest BCUT2D eigenvalue weighted by Gasteiger charge is -2.15. The molecule has 1 aliphatic heterocycles. The van der Waals surface area contributed by atoms with E-state index in [2.05, 4.69) is 0 Å². The predicted octanol–water partition coefficient (Wildman–Crippen LogP) is 2.98. The number of para-hydroxylation sites is 1. The van der Waals surface area contributed by atoms with Gasteiger partial charge in [-0.15, -0.1) is 0 Å². The van der Waals surface area contributed by atoms with E-state index in [0.717, 1.165) is 12.8 Å². The van der Waals surface area contributed by atoms with Crippen LogP contribution in [-0.2, 0) is 4.74 Å². The third-order valence-electron chi connectivity index (χ3n) is 2.93. The van der Waals surface area contributed by atoms with Crippen LogP contribution in [0.15, 0.2) is 18.2 Å². The van der Waals surface area contributed by atoms with Crippen LogP contribution in [0.25, 0.3) is 0 Å². The van der Waals surface area contributed by atoms with Crippen molar-refractivity contribution in [1.29, 1.82) is 0 Å². The molecule has 1 aromatic rings. The van der Waals surface area contributed by atoms with Gasteiger partial charge in [-0.1, -0.05) is 17.7 Å². The second kappa shape index (κ2) is 5.59. The Balaban J connectivity index is 2.06. The van der Waals surface area contributed by atoms with Gasteiger partial charge < -0.3 is 14.6 Å². The van der Waals surface area contributed by atoms with Crippen molar-refractivity contribution < 1.29 is 19.4 Å². The zero-order chi connectivity index (χ0) is 13.1. The number of carboxylic acids is 1. The summed E-state index contributed by atoms with van der Waals surface area (Å²) in [6.07, 6.45) is 2.18. The van der Waals surface area contributed by atoms with Gasteiger partial charge in [0.1, 0.15) is 12.2 Å². The molecule has 0 aromatic heterocycles. The van der Waals surface area contributed by atoms with Crippen molar-refractivity contribution in [2.75, 3.05) is 6.61 Å². The average Bonchev–Trinajstić information content (AvgIpc) is 2.73. The molecule has 18 heavy (non-hydrogen) atoms. The smallest absolute Gasteiger partial charge is 0.339 e. The molecule has 98 valence electrons. The summed E-state index contributed by atoms with van der Waals surface area (Å²) in [5, 5.41) is 9.36. The van der Waals surface area contributed by atoms with Crippen molar-refractivity contribution in [3.8, 4) is 5.75 Å². The van der Waals surface area contributed by atoms with Gasteiger partial charge in [0.05, 0.1) is 17.2 Å². The molecule has 1 fully saturated rings. The number of ether oxygens (including phenoxy) is 2. The molecule has 0 amide bonds. The molecular weight excluding hydrogens is 256 g/mol. The van der Waals surface area contributed by atoms with Crippen molar-refractivity contribution >= 4 is 17.6 Å². The third-order valence-corrected chi connectivity index (χ3v) is 3.23. The first kappa shape index (κ1) is 13.2. The number of carbonyl (C=O) groups is 1. The lowest BCUT2D eigenvalue weighted by molar-refractivity contribution is 0.0259. The summed E-state index contributed by atoms with van der Waals surface area (Å²) >= 11 is 5.96. The molecule has 1 aliphatic rings. The first-order chi connectivity index (χ1) is 8.58. The van der Waals surface area contributed by atoms with Gasteiger partial charge in [-0.2, -0.15) is 0 Å². The molecule has 1 N–H and O–H groups in total. The Kier molecular flexibility index (Phi) is 4.09. The highest BCUT2D eigenvalue weighted by Gasteiger charge is 2.23. The molecule has 1 saturated heterocycles. The fourth-order valence-corrected chi connectivity index (χ4v) is 2.24. The largest absolute Gasteiger partial charge is 0.488 e. The Labute approximate surface area is 110 Å². The molecule has 0 spiro atoms. The van der Waals surface area contributed by atoms with Crippen molar-refractivity contribution in [3.05, 3.63) is 28.8 Å². The van der Waals surface area contributed by atoms with Gasteiger partial charge in [-0.05, 0) is 31.9 Å². The minimum absolute atomic E-state index is 0.0120. The van der Waals surface area contributed by atoms with E-state index < -0.39 is 5.97 Å². The Morgan fingerprint density at radius 2 is 2.33 bits per heavy atom. The number of benzene rings is 1. The maximum Gasteiger partial charge on any atom is 0.339 e. The molecule has 0 radical (unpaired) electrons. The minimum Gasteiger partial charge on any atom is -0.488 e. The molecule has 1 heterocycles. The highest BCUT2D eigenvalue weighted by atomic mass is 35.5. The number of halogens is 1. The summed E-state index contributed by atoms with van der Waals surface area (Å²) < 4.78 is 11.1. The van der Waals surface area contributed by atoms with E-state index in [-0.39, 0.29) is 23.5 Å². The maximum atomic E-state index is 11.1. The van der Waals surface area contributed by atoms with E-state index in [1.807, 2.05) is 6.92 Å². The average molecular weight is 271 g/mol. The normalized spacial score (nSPS) is 23.0. The lowest BCUT2D eigenvalue weighted by Crippen LogP contribution is -2.19. The van der Waals surface area contributed by atoms with Gasteiger partial charge >= 0.3 is 5.97 Å². The van der Waals surface area contributed by atoms with Crippen LogP contribution in [0.4, 0.5) is 0 Å². The van der Waals surface area contributed by atoms with Crippen LogP contribution in [0, 0.1) is 0 Å². The molecule has 0 saturated carbocycles. The topological polar surface area (TPSA) is 55.8 Å². The number of rotatable bonds is 4.